The normalized spacial score (nSPS) is 16.0. The quantitative estimate of drug-likeness (QED) is 0.754. The third kappa shape index (κ3) is 3.27. The summed E-state index contributed by atoms with van der Waals surface area (Å²) in [6.07, 6.45) is -3.95. The predicted molar refractivity (Wildman–Crippen MR) is 66.2 cm³/mol. The summed E-state index contributed by atoms with van der Waals surface area (Å²) < 4.78 is 24.3. The van der Waals surface area contributed by atoms with Crippen LogP contribution in [-0.2, 0) is 13.0 Å². The number of aliphatic hydroxyl groups excluding tert-OH is 1. The van der Waals surface area contributed by atoms with E-state index in [1.54, 1.807) is 12.1 Å². The molecule has 0 bridgehead atoms. The SMILES string of the molecule is O=C(NCC(O)C(F)F)c1cccc2c1CCNC2. The first-order chi connectivity index (χ1) is 9.09. The van der Waals surface area contributed by atoms with Crippen molar-refractivity contribution in [2.24, 2.45) is 0 Å². The number of aliphatic hydroxyl groups is 1. The molecular weight excluding hydrogens is 254 g/mol. The number of carbonyl (C=O) groups excluding carboxylic acids is 1. The van der Waals surface area contributed by atoms with Crippen molar-refractivity contribution >= 4 is 5.91 Å². The molecule has 4 nitrogen and oxygen atoms in total. The Morgan fingerprint density at radius 1 is 1.47 bits per heavy atom. The maximum absolute atomic E-state index is 12.1. The summed E-state index contributed by atoms with van der Waals surface area (Å²) in [7, 11) is 0. The molecule has 104 valence electrons. The van der Waals surface area contributed by atoms with E-state index in [1.165, 1.54) is 0 Å². The van der Waals surface area contributed by atoms with Crippen LogP contribution in [0.5, 0.6) is 0 Å². The van der Waals surface area contributed by atoms with E-state index in [-0.39, 0.29) is 0 Å². The van der Waals surface area contributed by atoms with Crippen LogP contribution in [0.25, 0.3) is 0 Å². The van der Waals surface area contributed by atoms with Gasteiger partial charge in [-0.05, 0) is 30.2 Å². The van der Waals surface area contributed by atoms with Crippen molar-refractivity contribution < 1.29 is 18.7 Å². The van der Waals surface area contributed by atoms with Crippen LogP contribution in [-0.4, -0.2) is 36.6 Å². The molecule has 3 N–H and O–H groups in total. The van der Waals surface area contributed by atoms with Gasteiger partial charge in [-0.2, -0.15) is 0 Å². The van der Waals surface area contributed by atoms with Gasteiger partial charge in [0, 0.05) is 18.7 Å². The fourth-order valence-electron chi connectivity index (χ4n) is 2.13. The van der Waals surface area contributed by atoms with Gasteiger partial charge >= 0.3 is 0 Å². The topological polar surface area (TPSA) is 61.4 Å². The second kappa shape index (κ2) is 6.08. The van der Waals surface area contributed by atoms with Gasteiger partial charge in [0.05, 0.1) is 0 Å². The molecule has 0 saturated carbocycles. The number of benzene rings is 1. The molecule has 0 radical (unpaired) electrons. The Morgan fingerprint density at radius 2 is 2.26 bits per heavy atom. The van der Waals surface area contributed by atoms with Crippen molar-refractivity contribution in [2.45, 2.75) is 25.5 Å². The Hall–Kier alpha value is -1.53. The van der Waals surface area contributed by atoms with Gasteiger partial charge < -0.3 is 15.7 Å². The molecule has 1 amide bonds. The summed E-state index contributed by atoms with van der Waals surface area (Å²) in [4.78, 5) is 12.0. The van der Waals surface area contributed by atoms with Crippen LogP contribution >= 0.6 is 0 Å². The number of nitrogens with one attached hydrogen (secondary N) is 2. The first-order valence-corrected chi connectivity index (χ1v) is 6.15. The molecule has 0 aliphatic carbocycles. The lowest BCUT2D eigenvalue weighted by Crippen LogP contribution is -2.37. The second-order valence-electron chi connectivity index (χ2n) is 4.48. The average Bonchev–Trinajstić information content (AvgIpc) is 2.43. The van der Waals surface area contributed by atoms with Gasteiger partial charge in [0.25, 0.3) is 12.3 Å². The zero-order valence-electron chi connectivity index (χ0n) is 10.3. The number of carbonyl (C=O) groups is 1. The number of fused-ring (bicyclic) bond motifs is 1. The molecule has 1 aliphatic rings. The highest BCUT2D eigenvalue weighted by atomic mass is 19.3. The summed E-state index contributed by atoms with van der Waals surface area (Å²) >= 11 is 0. The van der Waals surface area contributed by atoms with E-state index < -0.39 is 25.0 Å². The number of hydrogen-bond donors (Lipinski definition) is 3. The van der Waals surface area contributed by atoms with E-state index in [4.69, 9.17) is 5.11 Å². The second-order valence-corrected chi connectivity index (χ2v) is 4.48. The highest BCUT2D eigenvalue weighted by molar-refractivity contribution is 5.96. The third-order valence-electron chi connectivity index (χ3n) is 3.15. The molecule has 2 rings (SSSR count). The van der Waals surface area contributed by atoms with E-state index in [0.717, 1.165) is 24.1 Å². The Morgan fingerprint density at radius 3 is 3.00 bits per heavy atom. The molecule has 1 aromatic rings. The van der Waals surface area contributed by atoms with Crippen molar-refractivity contribution in [3.63, 3.8) is 0 Å². The maximum atomic E-state index is 12.1. The first kappa shape index (κ1) is 13.9. The molecule has 0 aromatic heterocycles. The van der Waals surface area contributed by atoms with E-state index in [2.05, 4.69) is 10.6 Å². The highest BCUT2D eigenvalue weighted by Crippen LogP contribution is 2.18. The van der Waals surface area contributed by atoms with Crippen LogP contribution in [0, 0.1) is 0 Å². The van der Waals surface area contributed by atoms with E-state index >= 15 is 0 Å². The minimum atomic E-state index is -2.85. The minimum absolute atomic E-state index is 0.418. The fraction of sp³-hybridized carbons (Fsp3) is 0.462. The number of alkyl halides is 2. The van der Waals surface area contributed by atoms with Gasteiger partial charge in [-0.15, -0.1) is 0 Å². The third-order valence-corrected chi connectivity index (χ3v) is 3.15. The van der Waals surface area contributed by atoms with Gasteiger partial charge in [0.1, 0.15) is 6.10 Å². The lowest BCUT2D eigenvalue weighted by Gasteiger charge is -2.20. The van der Waals surface area contributed by atoms with Crippen LogP contribution in [0.2, 0.25) is 0 Å². The van der Waals surface area contributed by atoms with E-state index in [1.807, 2.05) is 6.07 Å². The molecule has 6 heteroatoms. The first-order valence-electron chi connectivity index (χ1n) is 6.15. The maximum Gasteiger partial charge on any atom is 0.265 e. The van der Waals surface area contributed by atoms with Crippen LogP contribution in [0.15, 0.2) is 18.2 Å². The number of amides is 1. The van der Waals surface area contributed by atoms with Crippen molar-refractivity contribution in [2.75, 3.05) is 13.1 Å². The summed E-state index contributed by atoms with van der Waals surface area (Å²) in [5.41, 5.74) is 2.50. The average molecular weight is 270 g/mol. The number of rotatable bonds is 4. The molecule has 1 aromatic carbocycles. The zero-order chi connectivity index (χ0) is 13.8. The van der Waals surface area contributed by atoms with Crippen LogP contribution < -0.4 is 10.6 Å². The van der Waals surface area contributed by atoms with Gasteiger partial charge in [0.15, 0.2) is 0 Å². The lowest BCUT2D eigenvalue weighted by atomic mass is 9.95. The van der Waals surface area contributed by atoms with Gasteiger partial charge in [-0.3, -0.25) is 4.79 Å². The summed E-state index contributed by atoms with van der Waals surface area (Å²) in [6.45, 7) is 1.05. The zero-order valence-corrected chi connectivity index (χ0v) is 10.3. The molecule has 1 atom stereocenters. The Bertz CT molecular complexity index is 466. The monoisotopic (exact) mass is 270 g/mol. The molecule has 0 fully saturated rings. The van der Waals surface area contributed by atoms with Crippen molar-refractivity contribution in [1.29, 1.82) is 0 Å². The summed E-state index contributed by atoms with van der Waals surface area (Å²) in [5.74, 6) is -0.418. The van der Waals surface area contributed by atoms with Gasteiger partial charge in [-0.25, -0.2) is 8.78 Å². The van der Waals surface area contributed by atoms with E-state index in [9.17, 15) is 13.6 Å². The van der Waals surface area contributed by atoms with Gasteiger partial charge in [0.2, 0.25) is 0 Å². The molecular formula is C13H16F2N2O2. The minimum Gasteiger partial charge on any atom is -0.385 e. The molecule has 1 heterocycles. The summed E-state index contributed by atoms with van der Waals surface area (Å²) in [6, 6.07) is 5.38. The molecule has 0 saturated heterocycles. The lowest BCUT2D eigenvalue weighted by molar-refractivity contribution is -0.00270. The highest BCUT2D eigenvalue weighted by Gasteiger charge is 2.20. The largest absolute Gasteiger partial charge is 0.385 e. The van der Waals surface area contributed by atoms with Crippen LogP contribution in [0.1, 0.15) is 21.5 Å². The Kier molecular flexibility index (Phi) is 4.44. The standard InChI is InChI=1S/C13H16F2N2O2/c14-12(15)11(18)7-17-13(19)10-3-1-2-8-6-16-5-4-9(8)10/h1-3,11-12,16,18H,4-7H2,(H,17,19). The number of hydrogen-bond acceptors (Lipinski definition) is 3. The smallest absolute Gasteiger partial charge is 0.265 e. The van der Waals surface area contributed by atoms with Crippen molar-refractivity contribution in [3.05, 3.63) is 34.9 Å². The van der Waals surface area contributed by atoms with Gasteiger partial charge in [-0.1, -0.05) is 12.1 Å². The molecule has 1 aliphatic heterocycles. The Labute approximate surface area is 109 Å². The molecule has 0 spiro atoms. The molecule has 19 heavy (non-hydrogen) atoms. The van der Waals surface area contributed by atoms with Crippen LogP contribution in [0.3, 0.4) is 0 Å². The summed E-state index contributed by atoms with van der Waals surface area (Å²) in [5, 5.41) is 14.5. The molecule has 1 unspecified atom stereocenters. The predicted octanol–water partition coefficient (Wildman–Crippen LogP) is 0.688. The van der Waals surface area contributed by atoms with Crippen molar-refractivity contribution in [3.8, 4) is 0 Å². The Balaban J connectivity index is 2.07. The number of halogens is 2. The van der Waals surface area contributed by atoms with Crippen molar-refractivity contribution in [1.82, 2.24) is 10.6 Å². The van der Waals surface area contributed by atoms with Crippen LogP contribution in [0.4, 0.5) is 8.78 Å². The fourth-order valence-corrected chi connectivity index (χ4v) is 2.13. The van der Waals surface area contributed by atoms with E-state index in [0.29, 0.717) is 12.1 Å².